The first-order valence-electron chi connectivity index (χ1n) is 5.14. The molecule has 0 radical (unpaired) electrons. The molecule has 0 saturated heterocycles. The molecule has 0 aromatic carbocycles. The smallest absolute Gasteiger partial charge is 0.342 e. The molecule has 0 N–H and O–H groups in total. The van der Waals surface area contributed by atoms with Crippen LogP contribution in [0.1, 0.15) is 17.6 Å². The van der Waals surface area contributed by atoms with E-state index in [0.717, 1.165) is 6.20 Å². The Bertz CT molecular complexity index is 685. The van der Waals surface area contributed by atoms with Gasteiger partial charge in [-0.3, -0.25) is 0 Å². The molecule has 2 aromatic rings. The fourth-order valence-electron chi connectivity index (χ4n) is 1.47. The van der Waals surface area contributed by atoms with Crippen molar-refractivity contribution in [1.29, 1.82) is 0 Å². The van der Waals surface area contributed by atoms with E-state index in [-0.39, 0.29) is 34.2 Å². The van der Waals surface area contributed by atoms with Crippen molar-refractivity contribution >= 4 is 21.9 Å². The highest BCUT2D eigenvalue weighted by atomic mass is 32.1. The second-order valence-electron chi connectivity index (χ2n) is 3.66. The maximum atomic E-state index is 11.1. The second kappa shape index (κ2) is 5.10. The Labute approximate surface area is 110 Å². The zero-order chi connectivity index (χ0) is 14.0. The van der Waals surface area contributed by atoms with Gasteiger partial charge in [-0.15, -0.1) is 10.2 Å². The zero-order valence-corrected chi connectivity index (χ0v) is 10.9. The molecule has 10 heteroatoms. The van der Waals surface area contributed by atoms with Gasteiger partial charge in [-0.2, -0.15) is 0 Å². The summed E-state index contributed by atoms with van der Waals surface area (Å²) in [6, 6.07) is 0. The van der Waals surface area contributed by atoms with Crippen LogP contribution in [0, 0.1) is 17.0 Å². The maximum absolute atomic E-state index is 11.1. The van der Waals surface area contributed by atoms with Gasteiger partial charge in [-0.1, -0.05) is 0 Å². The minimum Gasteiger partial charge on any atom is -0.420 e. The number of rotatable bonds is 4. The van der Waals surface area contributed by atoms with Crippen LogP contribution in [0.5, 0.6) is 0 Å². The lowest BCUT2D eigenvalue weighted by Crippen LogP contribution is -2.11. The number of nitrogens with zero attached hydrogens (tertiary/aromatic N) is 5. The summed E-state index contributed by atoms with van der Waals surface area (Å²) in [6.45, 7) is 1.61. The highest BCUT2D eigenvalue weighted by Crippen LogP contribution is 2.13. The van der Waals surface area contributed by atoms with Gasteiger partial charge in [0.05, 0.1) is 24.7 Å². The minimum atomic E-state index is -0.544. The second-order valence-corrected chi connectivity index (χ2v) is 4.32. The van der Waals surface area contributed by atoms with Crippen LogP contribution in [-0.2, 0) is 24.7 Å². The first-order chi connectivity index (χ1) is 9.02. The summed E-state index contributed by atoms with van der Waals surface area (Å²) >= 11 is 0.205. The highest BCUT2D eigenvalue weighted by Gasteiger charge is 2.21. The first kappa shape index (κ1) is 13.1. The van der Waals surface area contributed by atoms with Crippen LogP contribution in [0.25, 0.3) is 0 Å². The number of aromatic nitrogens is 4. The number of aryl methyl sites for hydroxylation is 1. The quantitative estimate of drug-likeness (QED) is 0.335. The first-order valence-corrected chi connectivity index (χ1v) is 5.88. The van der Waals surface area contributed by atoms with E-state index >= 15 is 0 Å². The van der Waals surface area contributed by atoms with E-state index < -0.39 is 4.92 Å². The lowest BCUT2D eigenvalue weighted by atomic mass is 10.3. The van der Waals surface area contributed by atoms with Crippen molar-refractivity contribution in [2.45, 2.75) is 13.3 Å². The van der Waals surface area contributed by atoms with Crippen LogP contribution < -0.4 is 0 Å². The monoisotopic (exact) mass is 283 g/mol. The Kier molecular flexibility index (Phi) is 3.51. The Morgan fingerprint density at radius 3 is 2.79 bits per heavy atom. The summed E-state index contributed by atoms with van der Waals surface area (Å²) in [6.07, 6.45) is 1.24. The van der Waals surface area contributed by atoms with Gasteiger partial charge in [-0.05, 0) is 4.92 Å². The fourth-order valence-corrected chi connectivity index (χ4v) is 1.81. The van der Waals surface area contributed by atoms with Crippen molar-refractivity contribution in [3.63, 3.8) is 0 Å². The van der Waals surface area contributed by atoms with E-state index in [2.05, 4.69) is 15.2 Å². The van der Waals surface area contributed by atoms with Gasteiger partial charge < -0.3 is 14.5 Å². The predicted molar refractivity (Wildman–Crippen MR) is 64.9 cm³/mol. The maximum Gasteiger partial charge on any atom is 0.342 e. The number of nitro groups is 1. The number of imidazole rings is 1. The molecule has 0 aliphatic heterocycles. The van der Waals surface area contributed by atoms with Crippen LogP contribution in [0.4, 0.5) is 5.82 Å². The predicted octanol–water partition coefficient (Wildman–Crippen LogP) is -0.00408. The van der Waals surface area contributed by atoms with Crippen molar-refractivity contribution < 1.29 is 13.5 Å². The molecule has 0 aliphatic rings. The zero-order valence-electron chi connectivity index (χ0n) is 10.1. The normalized spacial score (nSPS) is 10.4. The molecule has 0 fully saturated rings. The van der Waals surface area contributed by atoms with Crippen molar-refractivity contribution in [3.8, 4) is 0 Å². The molecule has 100 valence electrons. The molecule has 0 atom stereocenters. The summed E-state index contributed by atoms with van der Waals surface area (Å²) < 4.78 is 17.5. The third kappa shape index (κ3) is 2.57. The SMILES string of the molecule is Cc1nnc(C(Cc2ncc([N+](=O)[O-])n2C)=S=O)o1. The topological polar surface area (TPSA) is 117 Å². The molecule has 0 saturated carbocycles. The average Bonchev–Trinajstić information content (AvgIpc) is 2.93. The molecular weight excluding hydrogens is 274 g/mol. The summed E-state index contributed by atoms with van der Waals surface area (Å²) in [5, 5.41) is 18.1. The summed E-state index contributed by atoms with van der Waals surface area (Å²) in [4.78, 5) is 14.3. The largest absolute Gasteiger partial charge is 0.420 e. The fraction of sp³-hybridized carbons (Fsp3) is 0.333. The third-order valence-corrected chi connectivity index (χ3v) is 2.95. The minimum absolute atomic E-state index is 0.0974. The third-order valence-electron chi connectivity index (χ3n) is 2.43. The number of hydrogen-bond donors (Lipinski definition) is 0. The van der Waals surface area contributed by atoms with E-state index in [4.69, 9.17) is 4.42 Å². The molecule has 19 heavy (non-hydrogen) atoms. The van der Waals surface area contributed by atoms with Crippen molar-refractivity contribution in [3.05, 3.63) is 33.9 Å². The Hall–Kier alpha value is -2.36. The summed E-state index contributed by atoms with van der Waals surface area (Å²) in [7, 11) is 1.51. The van der Waals surface area contributed by atoms with Gasteiger partial charge >= 0.3 is 5.82 Å². The van der Waals surface area contributed by atoms with Crippen LogP contribution in [0.2, 0.25) is 0 Å². The molecule has 2 rings (SSSR count). The van der Waals surface area contributed by atoms with Gasteiger partial charge in [0.25, 0.3) is 5.89 Å². The molecule has 9 nitrogen and oxygen atoms in total. The Morgan fingerprint density at radius 1 is 1.58 bits per heavy atom. The van der Waals surface area contributed by atoms with Crippen LogP contribution in [0.15, 0.2) is 10.6 Å². The van der Waals surface area contributed by atoms with E-state index in [1.54, 1.807) is 6.92 Å². The van der Waals surface area contributed by atoms with Crippen molar-refractivity contribution in [2.75, 3.05) is 0 Å². The highest BCUT2D eigenvalue weighted by molar-refractivity contribution is 7.67. The van der Waals surface area contributed by atoms with E-state index in [0.29, 0.717) is 11.7 Å². The molecule has 2 heterocycles. The standard InChI is InChI=1S/C9H9N5O4S/c1-5-11-12-9(18-5)6(19-17)3-7-10-4-8(13(7)2)14(15)16/h4H,3H2,1-2H3. The lowest BCUT2D eigenvalue weighted by molar-refractivity contribution is -0.391. The van der Waals surface area contributed by atoms with E-state index in [1.807, 2.05) is 0 Å². The Balaban J connectivity index is 2.30. The molecule has 0 amide bonds. The van der Waals surface area contributed by atoms with Crippen molar-refractivity contribution in [1.82, 2.24) is 19.7 Å². The molecular formula is C9H9N5O4S. The van der Waals surface area contributed by atoms with Crippen LogP contribution in [-0.4, -0.2) is 33.7 Å². The molecule has 0 aliphatic carbocycles. The summed E-state index contributed by atoms with van der Waals surface area (Å²) in [5.74, 6) is 0.684. The lowest BCUT2D eigenvalue weighted by Gasteiger charge is -1.97. The summed E-state index contributed by atoms with van der Waals surface area (Å²) in [5.41, 5.74) is 0. The molecule has 0 spiro atoms. The van der Waals surface area contributed by atoms with Gasteiger partial charge in [0.1, 0.15) is 11.1 Å². The van der Waals surface area contributed by atoms with Gasteiger partial charge in [0.15, 0.2) is 0 Å². The molecule has 0 unspecified atom stereocenters. The van der Waals surface area contributed by atoms with E-state index in [9.17, 15) is 14.3 Å². The van der Waals surface area contributed by atoms with Gasteiger partial charge in [0.2, 0.25) is 11.7 Å². The van der Waals surface area contributed by atoms with Gasteiger partial charge in [0, 0.05) is 6.92 Å². The molecule has 0 bridgehead atoms. The van der Waals surface area contributed by atoms with E-state index in [1.165, 1.54) is 11.6 Å². The Morgan fingerprint density at radius 2 is 2.32 bits per heavy atom. The molecule has 2 aromatic heterocycles. The van der Waals surface area contributed by atoms with Crippen molar-refractivity contribution in [2.24, 2.45) is 7.05 Å². The van der Waals surface area contributed by atoms with Crippen LogP contribution >= 0.6 is 0 Å². The van der Waals surface area contributed by atoms with Crippen LogP contribution in [0.3, 0.4) is 0 Å². The average molecular weight is 283 g/mol. The van der Waals surface area contributed by atoms with Gasteiger partial charge in [-0.25, -0.2) is 13.8 Å². The number of hydrogen-bond acceptors (Lipinski definition) is 7.